The summed E-state index contributed by atoms with van der Waals surface area (Å²) in [6.07, 6.45) is 1.12. The van der Waals surface area contributed by atoms with Gasteiger partial charge in [0.2, 0.25) is 11.8 Å². The first-order valence-corrected chi connectivity index (χ1v) is 8.90. The van der Waals surface area contributed by atoms with Crippen molar-refractivity contribution in [2.75, 3.05) is 23.9 Å². The number of hydrogen-bond donors (Lipinski definition) is 1. The van der Waals surface area contributed by atoms with Crippen LogP contribution in [0.3, 0.4) is 0 Å². The van der Waals surface area contributed by atoms with Crippen LogP contribution in [0.5, 0.6) is 0 Å². The molecule has 2 aromatic carbocycles. The van der Waals surface area contributed by atoms with Gasteiger partial charge in [-0.15, -0.1) is 0 Å². The van der Waals surface area contributed by atoms with Gasteiger partial charge >= 0.3 is 5.97 Å². The standard InChI is InChI=1S/C21H22N2O4/c1-3-14-4-10-18(11-5-14)23-13-16(12-19(23)24)20(25)22-17-8-6-15(7-9-17)21(26)27-2/h4-11,16H,3,12-13H2,1-2H3,(H,22,25)/t16-/m1/s1. The number of carbonyl (C=O) groups is 3. The van der Waals surface area contributed by atoms with Crippen LogP contribution in [0.15, 0.2) is 48.5 Å². The maximum atomic E-state index is 12.5. The molecule has 1 fully saturated rings. The minimum Gasteiger partial charge on any atom is -0.465 e. The van der Waals surface area contributed by atoms with E-state index < -0.39 is 11.9 Å². The van der Waals surface area contributed by atoms with E-state index in [1.165, 1.54) is 12.7 Å². The van der Waals surface area contributed by atoms with Gasteiger partial charge in [0.1, 0.15) is 0 Å². The van der Waals surface area contributed by atoms with Gasteiger partial charge in [-0.25, -0.2) is 4.79 Å². The van der Waals surface area contributed by atoms with E-state index >= 15 is 0 Å². The molecule has 1 heterocycles. The molecule has 3 rings (SSSR count). The average molecular weight is 366 g/mol. The highest BCUT2D eigenvalue weighted by Crippen LogP contribution is 2.26. The van der Waals surface area contributed by atoms with Crippen molar-refractivity contribution in [3.05, 3.63) is 59.7 Å². The lowest BCUT2D eigenvalue weighted by Crippen LogP contribution is -2.28. The SMILES string of the molecule is CCc1ccc(N2C[C@H](C(=O)Nc3ccc(C(=O)OC)cc3)CC2=O)cc1. The van der Waals surface area contributed by atoms with Crippen molar-refractivity contribution in [3.63, 3.8) is 0 Å². The third-order valence-electron chi connectivity index (χ3n) is 4.73. The van der Waals surface area contributed by atoms with Gasteiger partial charge in [-0.1, -0.05) is 19.1 Å². The maximum absolute atomic E-state index is 12.5. The molecule has 2 aromatic rings. The predicted octanol–water partition coefficient (Wildman–Crippen LogP) is 3.03. The first kappa shape index (κ1) is 18.6. The van der Waals surface area contributed by atoms with E-state index in [0.29, 0.717) is 17.8 Å². The lowest BCUT2D eigenvalue weighted by Gasteiger charge is -2.17. The molecule has 1 saturated heterocycles. The second kappa shape index (κ2) is 8.03. The van der Waals surface area contributed by atoms with E-state index in [2.05, 4.69) is 17.0 Å². The van der Waals surface area contributed by atoms with Crippen LogP contribution in [0.25, 0.3) is 0 Å². The summed E-state index contributed by atoms with van der Waals surface area (Å²) >= 11 is 0. The largest absolute Gasteiger partial charge is 0.465 e. The minimum atomic E-state index is -0.431. The monoisotopic (exact) mass is 366 g/mol. The number of methoxy groups -OCH3 is 1. The topological polar surface area (TPSA) is 75.7 Å². The van der Waals surface area contributed by atoms with Gasteiger partial charge < -0.3 is 15.0 Å². The Balaban J connectivity index is 1.64. The van der Waals surface area contributed by atoms with E-state index in [1.54, 1.807) is 29.2 Å². The number of nitrogens with zero attached hydrogens (tertiary/aromatic N) is 1. The molecule has 0 radical (unpaired) electrons. The molecular weight excluding hydrogens is 344 g/mol. The van der Waals surface area contributed by atoms with E-state index in [0.717, 1.165) is 12.1 Å². The lowest BCUT2D eigenvalue weighted by molar-refractivity contribution is -0.122. The van der Waals surface area contributed by atoms with Crippen molar-refractivity contribution in [3.8, 4) is 0 Å². The molecule has 1 aliphatic heterocycles. The lowest BCUT2D eigenvalue weighted by atomic mass is 10.1. The smallest absolute Gasteiger partial charge is 0.337 e. The number of ether oxygens (including phenoxy) is 1. The number of nitrogens with one attached hydrogen (secondary N) is 1. The number of esters is 1. The molecule has 0 aliphatic carbocycles. The second-order valence-corrected chi connectivity index (χ2v) is 6.48. The van der Waals surface area contributed by atoms with Gasteiger partial charge in [-0.05, 0) is 48.4 Å². The van der Waals surface area contributed by atoms with Crippen molar-refractivity contribution in [2.24, 2.45) is 5.92 Å². The zero-order chi connectivity index (χ0) is 19.4. The highest BCUT2D eigenvalue weighted by Gasteiger charge is 2.35. The van der Waals surface area contributed by atoms with Crippen molar-refractivity contribution in [1.82, 2.24) is 0 Å². The Kier molecular flexibility index (Phi) is 5.54. The Hall–Kier alpha value is -3.15. The highest BCUT2D eigenvalue weighted by atomic mass is 16.5. The molecule has 140 valence electrons. The predicted molar refractivity (Wildman–Crippen MR) is 103 cm³/mol. The van der Waals surface area contributed by atoms with Crippen molar-refractivity contribution < 1.29 is 19.1 Å². The molecule has 0 bridgehead atoms. The fourth-order valence-electron chi connectivity index (χ4n) is 3.10. The van der Waals surface area contributed by atoms with Gasteiger partial charge in [0.15, 0.2) is 0 Å². The molecule has 2 amide bonds. The van der Waals surface area contributed by atoms with Gasteiger partial charge in [0.25, 0.3) is 0 Å². The Morgan fingerprint density at radius 3 is 2.37 bits per heavy atom. The Bertz CT molecular complexity index is 843. The molecule has 1 N–H and O–H groups in total. The van der Waals surface area contributed by atoms with Crippen LogP contribution in [0.1, 0.15) is 29.3 Å². The quantitative estimate of drug-likeness (QED) is 0.826. The zero-order valence-corrected chi connectivity index (χ0v) is 15.4. The number of rotatable bonds is 5. The summed E-state index contributed by atoms with van der Waals surface area (Å²) in [4.78, 5) is 38.0. The second-order valence-electron chi connectivity index (χ2n) is 6.48. The third kappa shape index (κ3) is 4.16. The molecule has 0 unspecified atom stereocenters. The Morgan fingerprint density at radius 1 is 1.11 bits per heavy atom. The molecule has 27 heavy (non-hydrogen) atoms. The molecule has 0 spiro atoms. The first-order valence-electron chi connectivity index (χ1n) is 8.90. The number of hydrogen-bond acceptors (Lipinski definition) is 4. The summed E-state index contributed by atoms with van der Waals surface area (Å²) < 4.78 is 4.65. The summed E-state index contributed by atoms with van der Waals surface area (Å²) in [6, 6.07) is 14.3. The summed E-state index contributed by atoms with van der Waals surface area (Å²) in [5.74, 6) is -1.11. The minimum absolute atomic E-state index is 0.0552. The Morgan fingerprint density at radius 2 is 1.78 bits per heavy atom. The van der Waals surface area contributed by atoms with E-state index in [4.69, 9.17) is 0 Å². The van der Waals surface area contributed by atoms with E-state index in [-0.39, 0.29) is 18.2 Å². The molecule has 6 nitrogen and oxygen atoms in total. The summed E-state index contributed by atoms with van der Waals surface area (Å²) in [6.45, 7) is 2.44. The van der Waals surface area contributed by atoms with Crippen molar-refractivity contribution >= 4 is 29.2 Å². The number of carbonyl (C=O) groups excluding carboxylic acids is 3. The van der Waals surface area contributed by atoms with Crippen molar-refractivity contribution in [2.45, 2.75) is 19.8 Å². The van der Waals surface area contributed by atoms with Gasteiger partial charge in [0.05, 0.1) is 18.6 Å². The molecule has 1 atom stereocenters. The van der Waals surface area contributed by atoms with Crippen LogP contribution in [-0.2, 0) is 20.7 Å². The zero-order valence-electron chi connectivity index (χ0n) is 15.4. The Labute approximate surface area is 158 Å². The molecule has 0 aromatic heterocycles. The van der Waals surface area contributed by atoms with Crippen LogP contribution >= 0.6 is 0 Å². The average Bonchev–Trinajstić information content (AvgIpc) is 3.10. The van der Waals surface area contributed by atoms with Crippen LogP contribution in [0, 0.1) is 5.92 Å². The number of benzene rings is 2. The van der Waals surface area contributed by atoms with Crippen LogP contribution in [0.2, 0.25) is 0 Å². The fourth-order valence-corrected chi connectivity index (χ4v) is 3.10. The molecule has 6 heteroatoms. The number of amides is 2. The molecule has 1 aliphatic rings. The normalized spacial score (nSPS) is 16.3. The van der Waals surface area contributed by atoms with Crippen LogP contribution < -0.4 is 10.2 Å². The first-order chi connectivity index (χ1) is 13.0. The summed E-state index contributed by atoms with van der Waals surface area (Å²) in [5, 5.41) is 2.81. The maximum Gasteiger partial charge on any atom is 0.337 e. The van der Waals surface area contributed by atoms with E-state index in [9.17, 15) is 14.4 Å². The fraction of sp³-hybridized carbons (Fsp3) is 0.286. The highest BCUT2D eigenvalue weighted by molar-refractivity contribution is 6.03. The van der Waals surface area contributed by atoms with Gasteiger partial charge in [-0.2, -0.15) is 0 Å². The molecule has 0 saturated carbocycles. The van der Waals surface area contributed by atoms with Gasteiger partial charge in [-0.3, -0.25) is 9.59 Å². The third-order valence-corrected chi connectivity index (χ3v) is 4.73. The van der Waals surface area contributed by atoms with Crippen LogP contribution in [-0.4, -0.2) is 31.4 Å². The van der Waals surface area contributed by atoms with E-state index in [1.807, 2.05) is 24.3 Å². The number of anilines is 2. The number of aryl methyl sites for hydroxylation is 1. The van der Waals surface area contributed by atoms with Crippen molar-refractivity contribution in [1.29, 1.82) is 0 Å². The summed E-state index contributed by atoms with van der Waals surface area (Å²) in [5.41, 5.74) is 3.00. The van der Waals surface area contributed by atoms with Gasteiger partial charge in [0, 0.05) is 24.3 Å². The summed E-state index contributed by atoms with van der Waals surface area (Å²) in [7, 11) is 1.32. The van der Waals surface area contributed by atoms with Crippen LogP contribution in [0.4, 0.5) is 11.4 Å². The molecular formula is C21H22N2O4.